The van der Waals surface area contributed by atoms with Crippen molar-refractivity contribution in [2.24, 2.45) is 0 Å². The van der Waals surface area contributed by atoms with Crippen LogP contribution >= 0.6 is 11.6 Å². The van der Waals surface area contributed by atoms with Gasteiger partial charge in [0.25, 0.3) is 0 Å². The van der Waals surface area contributed by atoms with Crippen molar-refractivity contribution < 1.29 is 22.4 Å². The average Bonchev–Trinajstić information content (AvgIpc) is 2.81. The Kier molecular flexibility index (Phi) is 10.5. The maximum Gasteiger partial charge on any atom is 0.304 e. The van der Waals surface area contributed by atoms with Gasteiger partial charge in [0, 0.05) is 32.2 Å². The number of hydrogen-bond acceptors (Lipinski definition) is 4. The van der Waals surface area contributed by atoms with Crippen LogP contribution < -0.4 is 9.62 Å². The topological polar surface area (TPSA) is 90.0 Å². The fourth-order valence-corrected chi connectivity index (χ4v) is 4.58. The number of unbranched alkanes of at least 4 members (excludes halogenated alkanes) is 1. The Labute approximate surface area is 211 Å². The van der Waals surface area contributed by atoms with E-state index in [1.54, 1.807) is 31.2 Å². The van der Waals surface area contributed by atoms with Crippen LogP contribution in [0.4, 0.5) is 10.1 Å². The van der Waals surface area contributed by atoms with E-state index in [0.29, 0.717) is 21.4 Å². The van der Waals surface area contributed by atoms with Gasteiger partial charge in [0.05, 0.1) is 5.69 Å². The summed E-state index contributed by atoms with van der Waals surface area (Å²) in [7, 11) is -1.64. The van der Waals surface area contributed by atoms with Crippen molar-refractivity contribution in [2.45, 2.75) is 39.3 Å². The van der Waals surface area contributed by atoms with E-state index in [9.17, 15) is 22.4 Å². The average molecular weight is 527 g/mol. The maximum absolute atomic E-state index is 14.6. The Balaban J connectivity index is 2.43. The minimum Gasteiger partial charge on any atom is -0.354 e. The molecule has 0 aliphatic heterocycles. The summed E-state index contributed by atoms with van der Waals surface area (Å²) in [5.74, 6) is -1.84. The number of nitrogens with one attached hydrogen (secondary N) is 1. The summed E-state index contributed by atoms with van der Waals surface area (Å²) < 4.78 is 42.3. The van der Waals surface area contributed by atoms with Gasteiger partial charge in [-0.1, -0.05) is 49.2 Å². The number of carbonyl (C=O) groups is 2. The molecular weight excluding hydrogens is 495 g/mol. The second kappa shape index (κ2) is 12.9. The lowest BCUT2D eigenvalue weighted by molar-refractivity contribution is -0.139. The zero-order chi connectivity index (χ0) is 26.2. The molecule has 0 saturated heterocycles. The molecule has 2 amide bonds. The molecule has 1 N–H and O–H groups in total. The fourth-order valence-electron chi connectivity index (χ4n) is 3.31. The number of anilines is 1. The molecule has 2 rings (SSSR count). The highest BCUT2D eigenvalue weighted by Crippen LogP contribution is 2.24. The molecule has 0 spiro atoms. The summed E-state index contributed by atoms with van der Waals surface area (Å²) in [6.45, 7) is 3.32. The minimum atomic E-state index is -4.23. The van der Waals surface area contributed by atoms with Crippen LogP contribution in [0.3, 0.4) is 0 Å². The first kappa shape index (κ1) is 28.5. The first-order chi connectivity index (χ1) is 16.5. The van der Waals surface area contributed by atoms with E-state index in [-0.39, 0.29) is 18.1 Å². The summed E-state index contributed by atoms with van der Waals surface area (Å²) in [6.07, 6.45) is 1.67. The number of halogens is 2. The molecule has 2 aromatic carbocycles. The SMILES string of the molecule is CCCCNC(=O)[C@H](C)N(Cc1cccc(Cl)c1)C(=O)CN(c1ccccc1F)S(=O)(=O)N(C)C. The van der Waals surface area contributed by atoms with Crippen LogP contribution in [0.5, 0.6) is 0 Å². The van der Waals surface area contributed by atoms with Crippen molar-refractivity contribution >= 4 is 39.3 Å². The molecule has 0 aromatic heterocycles. The molecule has 0 heterocycles. The lowest BCUT2D eigenvalue weighted by atomic mass is 10.1. The van der Waals surface area contributed by atoms with Gasteiger partial charge in [-0.2, -0.15) is 12.7 Å². The van der Waals surface area contributed by atoms with Gasteiger partial charge in [0.15, 0.2) is 0 Å². The van der Waals surface area contributed by atoms with Crippen LogP contribution in [-0.4, -0.2) is 62.7 Å². The lowest BCUT2D eigenvalue weighted by Crippen LogP contribution is -2.52. The number of para-hydroxylation sites is 1. The quantitative estimate of drug-likeness (QED) is 0.429. The van der Waals surface area contributed by atoms with Gasteiger partial charge < -0.3 is 10.2 Å². The van der Waals surface area contributed by atoms with Crippen molar-refractivity contribution in [3.8, 4) is 0 Å². The van der Waals surface area contributed by atoms with Crippen molar-refractivity contribution in [1.29, 1.82) is 0 Å². The third kappa shape index (κ3) is 7.65. The minimum absolute atomic E-state index is 0.00881. The van der Waals surface area contributed by atoms with Crippen LogP contribution in [0.25, 0.3) is 0 Å². The Bertz CT molecular complexity index is 1130. The number of benzene rings is 2. The van der Waals surface area contributed by atoms with E-state index in [2.05, 4.69) is 5.32 Å². The number of amides is 2. The summed E-state index contributed by atoms with van der Waals surface area (Å²) in [5, 5.41) is 3.26. The summed E-state index contributed by atoms with van der Waals surface area (Å²) in [6, 6.07) is 11.2. The summed E-state index contributed by atoms with van der Waals surface area (Å²) in [5.41, 5.74) is 0.393. The van der Waals surface area contributed by atoms with E-state index < -0.39 is 34.5 Å². The molecule has 0 radical (unpaired) electrons. The van der Waals surface area contributed by atoms with Crippen molar-refractivity contribution in [1.82, 2.24) is 14.5 Å². The molecule has 1 atom stereocenters. The highest BCUT2D eigenvalue weighted by atomic mass is 35.5. The first-order valence-electron chi connectivity index (χ1n) is 11.2. The van der Waals surface area contributed by atoms with Crippen LogP contribution in [0.2, 0.25) is 5.02 Å². The summed E-state index contributed by atoms with van der Waals surface area (Å²) >= 11 is 6.09. The van der Waals surface area contributed by atoms with E-state index in [4.69, 9.17) is 11.6 Å². The van der Waals surface area contributed by atoms with Crippen molar-refractivity contribution in [3.63, 3.8) is 0 Å². The van der Waals surface area contributed by atoms with E-state index in [1.807, 2.05) is 6.92 Å². The van der Waals surface area contributed by atoms with Crippen LogP contribution in [0.15, 0.2) is 48.5 Å². The molecule has 0 saturated carbocycles. The first-order valence-corrected chi connectivity index (χ1v) is 13.0. The predicted octanol–water partition coefficient (Wildman–Crippen LogP) is 3.43. The molecular formula is C24H32ClFN4O4S. The van der Waals surface area contributed by atoms with E-state index >= 15 is 0 Å². The largest absolute Gasteiger partial charge is 0.354 e. The van der Waals surface area contributed by atoms with E-state index in [1.165, 1.54) is 37.2 Å². The van der Waals surface area contributed by atoms with Gasteiger partial charge in [-0.3, -0.25) is 9.59 Å². The van der Waals surface area contributed by atoms with Crippen LogP contribution in [-0.2, 0) is 26.3 Å². The standard InChI is InChI=1S/C24H32ClFN4O4S/c1-5-6-14-27-24(32)18(2)29(16-19-10-9-11-20(25)15-19)23(31)17-30(35(33,34)28(3)4)22-13-8-7-12-21(22)26/h7-13,15,18H,5-6,14,16-17H2,1-4H3,(H,27,32)/t18-/m0/s1. The highest BCUT2D eigenvalue weighted by molar-refractivity contribution is 7.90. The van der Waals surface area contributed by atoms with Crippen molar-refractivity contribution in [3.05, 3.63) is 64.9 Å². The second-order valence-corrected chi connectivity index (χ2v) is 10.7. The van der Waals surface area contributed by atoms with Gasteiger partial charge in [-0.25, -0.2) is 8.70 Å². The number of nitrogens with zero attached hydrogens (tertiary/aromatic N) is 3. The van der Waals surface area contributed by atoms with Crippen molar-refractivity contribution in [2.75, 3.05) is 31.5 Å². The van der Waals surface area contributed by atoms with Gasteiger partial charge in [0.2, 0.25) is 11.8 Å². The molecule has 0 bridgehead atoms. The third-order valence-corrected chi connectivity index (χ3v) is 7.42. The molecule has 35 heavy (non-hydrogen) atoms. The number of hydrogen-bond donors (Lipinski definition) is 1. The Hall–Kier alpha value is -2.69. The fraction of sp³-hybridized carbons (Fsp3) is 0.417. The van der Waals surface area contributed by atoms with Crippen LogP contribution in [0.1, 0.15) is 32.3 Å². The Morgan fingerprint density at radius 2 is 1.80 bits per heavy atom. The highest BCUT2D eigenvalue weighted by Gasteiger charge is 2.33. The van der Waals surface area contributed by atoms with E-state index in [0.717, 1.165) is 23.2 Å². The molecule has 0 aliphatic rings. The lowest BCUT2D eigenvalue weighted by Gasteiger charge is -2.33. The zero-order valence-corrected chi connectivity index (χ0v) is 21.9. The predicted molar refractivity (Wildman–Crippen MR) is 136 cm³/mol. The molecule has 0 unspecified atom stereocenters. The zero-order valence-electron chi connectivity index (χ0n) is 20.4. The Morgan fingerprint density at radius 3 is 2.40 bits per heavy atom. The molecule has 8 nitrogen and oxygen atoms in total. The number of rotatable bonds is 12. The molecule has 2 aromatic rings. The monoisotopic (exact) mass is 526 g/mol. The number of carbonyl (C=O) groups excluding carboxylic acids is 2. The molecule has 0 aliphatic carbocycles. The molecule has 192 valence electrons. The molecule has 0 fully saturated rings. The third-order valence-electron chi connectivity index (χ3n) is 5.38. The summed E-state index contributed by atoms with van der Waals surface area (Å²) in [4.78, 5) is 27.6. The van der Waals surface area contributed by atoms with Gasteiger partial charge in [0.1, 0.15) is 18.4 Å². The Morgan fingerprint density at radius 1 is 1.11 bits per heavy atom. The van der Waals surface area contributed by atoms with Gasteiger partial charge in [-0.05, 0) is 43.2 Å². The second-order valence-electron chi connectivity index (χ2n) is 8.22. The van der Waals surface area contributed by atoms with Gasteiger partial charge >= 0.3 is 10.2 Å². The molecule has 11 heteroatoms. The normalized spacial score (nSPS) is 12.3. The maximum atomic E-state index is 14.6. The van der Waals surface area contributed by atoms with Gasteiger partial charge in [-0.15, -0.1) is 0 Å². The van der Waals surface area contributed by atoms with Crippen LogP contribution in [0, 0.1) is 5.82 Å². The smallest absolute Gasteiger partial charge is 0.304 e.